The van der Waals surface area contributed by atoms with Gasteiger partial charge in [0, 0.05) is 18.2 Å². The van der Waals surface area contributed by atoms with Crippen LogP contribution < -0.4 is 5.32 Å². The summed E-state index contributed by atoms with van der Waals surface area (Å²) in [4.78, 5) is 0. The summed E-state index contributed by atoms with van der Waals surface area (Å²) in [6.07, 6.45) is 3.87. The summed E-state index contributed by atoms with van der Waals surface area (Å²) in [6.45, 7) is 5.03. The summed E-state index contributed by atoms with van der Waals surface area (Å²) in [6, 6.07) is 6.57. The Morgan fingerprint density at radius 2 is 2.19 bits per heavy atom. The third-order valence-electron chi connectivity index (χ3n) is 3.60. The van der Waals surface area contributed by atoms with Gasteiger partial charge in [-0.15, -0.1) is 0 Å². The van der Waals surface area contributed by atoms with Crippen molar-refractivity contribution in [2.45, 2.75) is 45.7 Å². The SMILES string of the molecule is Cc1cccc(CNC2CCC(C)C2)c1O. The van der Waals surface area contributed by atoms with Gasteiger partial charge in [0.1, 0.15) is 5.75 Å². The van der Waals surface area contributed by atoms with E-state index in [1.807, 2.05) is 25.1 Å². The van der Waals surface area contributed by atoms with Crippen molar-refractivity contribution in [1.82, 2.24) is 5.32 Å². The normalized spacial score (nSPS) is 24.9. The van der Waals surface area contributed by atoms with E-state index < -0.39 is 0 Å². The fourth-order valence-corrected chi connectivity index (χ4v) is 2.51. The molecule has 16 heavy (non-hydrogen) atoms. The van der Waals surface area contributed by atoms with Crippen molar-refractivity contribution in [2.75, 3.05) is 0 Å². The second-order valence-corrected chi connectivity index (χ2v) is 5.08. The first-order valence-corrected chi connectivity index (χ1v) is 6.17. The molecule has 1 aliphatic rings. The maximum atomic E-state index is 9.88. The average Bonchev–Trinajstić information content (AvgIpc) is 2.67. The molecule has 1 fully saturated rings. The van der Waals surface area contributed by atoms with Crippen LogP contribution in [0.15, 0.2) is 18.2 Å². The van der Waals surface area contributed by atoms with Gasteiger partial charge in [0.05, 0.1) is 0 Å². The topological polar surface area (TPSA) is 32.3 Å². The number of aryl methyl sites for hydroxylation is 1. The second-order valence-electron chi connectivity index (χ2n) is 5.08. The summed E-state index contributed by atoms with van der Waals surface area (Å²) in [5.74, 6) is 1.30. The summed E-state index contributed by atoms with van der Waals surface area (Å²) in [5, 5.41) is 13.4. The number of para-hydroxylation sites is 1. The van der Waals surface area contributed by atoms with Crippen LogP contribution in [-0.4, -0.2) is 11.1 Å². The smallest absolute Gasteiger partial charge is 0.122 e. The average molecular weight is 219 g/mol. The van der Waals surface area contributed by atoms with Crippen LogP contribution in [0.2, 0.25) is 0 Å². The van der Waals surface area contributed by atoms with Crippen LogP contribution >= 0.6 is 0 Å². The highest BCUT2D eigenvalue weighted by Gasteiger charge is 2.20. The predicted octanol–water partition coefficient (Wildman–Crippen LogP) is 2.98. The minimum absolute atomic E-state index is 0.445. The Hall–Kier alpha value is -1.02. The van der Waals surface area contributed by atoms with Crippen molar-refractivity contribution in [1.29, 1.82) is 0 Å². The van der Waals surface area contributed by atoms with E-state index in [2.05, 4.69) is 12.2 Å². The van der Waals surface area contributed by atoms with Crippen LogP contribution in [0.3, 0.4) is 0 Å². The summed E-state index contributed by atoms with van der Waals surface area (Å²) < 4.78 is 0. The van der Waals surface area contributed by atoms with E-state index in [9.17, 15) is 5.11 Å². The molecule has 0 bridgehead atoms. The number of phenolic OH excluding ortho intramolecular Hbond substituents is 1. The minimum atomic E-state index is 0.445. The molecule has 0 aliphatic heterocycles. The number of hydrogen-bond donors (Lipinski definition) is 2. The van der Waals surface area contributed by atoms with Crippen molar-refractivity contribution in [3.8, 4) is 5.75 Å². The van der Waals surface area contributed by atoms with Gasteiger partial charge in [-0.2, -0.15) is 0 Å². The van der Waals surface area contributed by atoms with E-state index in [0.29, 0.717) is 11.8 Å². The van der Waals surface area contributed by atoms with Crippen LogP contribution in [-0.2, 0) is 6.54 Å². The standard InChI is InChI=1S/C14H21NO/c1-10-6-7-13(8-10)15-9-12-5-3-4-11(2)14(12)16/h3-5,10,13,15-16H,6-9H2,1-2H3. The highest BCUT2D eigenvalue weighted by Crippen LogP contribution is 2.26. The first-order chi connectivity index (χ1) is 7.66. The van der Waals surface area contributed by atoms with Crippen molar-refractivity contribution in [3.63, 3.8) is 0 Å². The molecule has 0 spiro atoms. The van der Waals surface area contributed by atoms with Gasteiger partial charge in [-0.25, -0.2) is 0 Å². The number of rotatable bonds is 3. The zero-order chi connectivity index (χ0) is 11.5. The molecular weight excluding hydrogens is 198 g/mol. The second kappa shape index (κ2) is 4.88. The molecule has 0 amide bonds. The number of hydrogen-bond acceptors (Lipinski definition) is 2. The molecule has 2 nitrogen and oxygen atoms in total. The molecule has 2 rings (SSSR count). The van der Waals surface area contributed by atoms with E-state index in [1.54, 1.807) is 0 Å². The van der Waals surface area contributed by atoms with Crippen LogP contribution in [0, 0.1) is 12.8 Å². The van der Waals surface area contributed by atoms with E-state index in [1.165, 1.54) is 19.3 Å². The van der Waals surface area contributed by atoms with Gasteiger partial charge in [-0.1, -0.05) is 25.1 Å². The highest BCUT2D eigenvalue weighted by atomic mass is 16.3. The fourth-order valence-electron chi connectivity index (χ4n) is 2.51. The van der Waals surface area contributed by atoms with E-state index >= 15 is 0 Å². The third-order valence-corrected chi connectivity index (χ3v) is 3.60. The molecule has 2 N–H and O–H groups in total. The Labute approximate surface area is 97.7 Å². The lowest BCUT2D eigenvalue weighted by Crippen LogP contribution is -2.25. The first kappa shape index (κ1) is 11.5. The van der Waals surface area contributed by atoms with E-state index in [4.69, 9.17) is 0 Å². The highest BCUT2D eigenvalue weighted by molar-refractivity contribution is 5.39. The van der Waals surface area contributed by atoms with Gasteiger partial charge in [0.15, 0.2) is 0 Å². The zero-order valence-electron chi connectivity index (χ0n) is 10.2. The van der Waals surface area contributed by atoms with Crippen LogP contribution in [0.4, 0.5) is 0 Å². The Kier molecular flexibility index (Phi) is 3.49. The summed E-state index contributed by atoms with van der Waals surface area (Å²) >= 11 is 0. The monoisotopic (exact) mass is 219 g/mol. The number of nitrogens with one attached hydrogen (secondary N) is 1. The lowest BCUT2D eigenvalue weighted by molar-refractivity contribution is 0.450. The summed E-state index contributed by atoms with van der Waals surface area (Å²) in [7, 11) is 0. The van der Waals surface area contributed by atoms with E-state index in [0.717, 1.165) is 23.6 Å². The summed E-state index contributed by atoms with van der Waals surface area (Å²) in [5.41, 5.74) is 1.97. The van der Waals surface area contributed by atoms with Gasteiger partial charge >= 0.3 is 0 Å². The maximum Gasteiger partial charge on any atom is 0.122 e. The fraction of sp³-hybridized carbons (Fsp3) is 0.571. The van der Waals surface area contributed by atoms with Crippen LogP contribution in [0.25, 0.3) is 0 Å². The van der Waals surface area contributed by atoms with Gasteiger partial charge in [0.2, 0.25) is 0 Å². The van der Waals surface area contributed by atoms with E-state index in [-0.39, 0.29) is 0 Å². The number of phenols is 1. The molecular formula is C14H21NO. The molecule has 0 heterocycles. The molecule has 0 saturated heterocycles. The molecule has 2 atom stereocenters. The van der Waals surface area contributed by atoms with Gasteiger partial charge in [-0.3, -0.25) is 0 Å². The van der Waals surface area contributed by atoms with Crippen molar-refractivity contribution in [3.05, 3.63) is 29.3 Å². The molecule has 1 saturated carbocycles. The van der Waals surface area contributed by atoms with Crippen molar-refractivity contribution < 1.29 is 5.11 Å². The molecule has 1 aliphatic carbocycles. The number of aromatic hydroxyl groups is 1. The minimum Gasteiger partial charge on any atom is -0.507 e. The Balaban J connectivity index is 1.92. The van der Waals surface area contributed by atoms with Crippen molar-refractivity contribution >= 4 is 0 Å². The zero-order valence-corrected chi connectivity index (χ0v) is 10.2. The molecule has 2 heteroatoms. The van der Waals surface area contributed by atoms with Gasteiger partial charge < -0.3 is 10.4 Å². The lowest BCUT2D eigenvalue weighted by atomic mass is 10.1. The maximum absolute atomic E-state index is 9.88. The molecule has 88 valence electrons. The van der Waals surface area contributed by atoms with Gasteiger partial charge in [-0.05, 0) is 37.7 Å². The molecule has 1 aromatic rings. The predicted molar refractivity (Wildman–Crippen MR) is 66.5 cm³/mol. The number of benzene rings is 1. The Bertz CT molecular complexity index is 362. The van der Waals surface area contributed by atoms with Crippen LogP contribution in [0.1, 0.15) is 37.3 Å². The van der Waals surface area contributed by atoms with Crippen molar-refractivity contribution in [2.24, 2.45) is 5.92 Å². The quantitative estimate of drug-likeness (QED) is 0.819. The largest absolute Gasteiger partial charge is 0.507 e. The first-order valence-electron chi connectivity index (χ1n) is 6.17. The molecule has 0 radical (unpaired) electrons. The molecule has 1 aromatic carbocycles. The lowest BCUT2D eigenvalue weighted by Gasteiger charge is -2.13. The van der Waals surface area contributed by atoms with Crippen LogP contribution in [0.5, 0.6) is 5.75 Å². The third kappa shape index (κ3) is 2.56. The molecule has 0 aromatic heterocycles. The molecule has 2 unspecified atom stereocenters. The Morgan fingerprint density at radius 3 is 2.88 bits per heavy atom. The Morgan fingerprint density at radius 1 is 1.38 bits per heavy atom. The van der Waals surface area contributed by atoms with Gasteiger partial charge in [0.25, 0.3) is 0 Å².